The molecule has 2 aromatic heterocycles. The van der Waals surface area contributed by atoms with E-state index in [4.69, 9.17) is 16.2 Å². The molecule has 0 unspecified atom stereocenters. The van der Waals surface area contributed by atoms with Crippen molar-refractivity contribution in [2.45, 2.75) is 39.2 Å². The van der Waals surface area contributed by atoms with Crippen molar-refractivity contribution >= 4 is 52.9 Å². The van der Waals surface area contributed by atoms with Gasteiger partial charge in [0.25, 0.3) is 23.6 Å². The topological polar surface area (TPSA) is 258 Å². The standard InChI is InChI=1S/C20H23N5O5.C15H15N5O3/c1-20(2,3)30-19(29)24-9-12(23-11-24)7-8-22-15(26)10-25-17(27)13-5-4-6-14(21)16(13)18(25)28;16-11-3-1-2-10-13(11)15(23)20(14(10)22)7-12(21)18-5-4-9-6-17-8-19-9/h4-6,9,11H,7-8,10,21H2,1-3H3,(H,22,26);1-3,6,8H,4-5,7,16H2,(H,17,19)(H,18,21). The number of nitrogen functional groups attached to an aromatic ring is 2. The Bertz CT molecular complexity index is 2080. The predicted molar refractivity (Wildman–Crippen MR) is 188 cm³/mol. The molecule has 0 bridgehead atoms. The Morgan fingerprint density at radius 3 is 1.79 bits per heavy atom. The van der Waals surface area contributed by atoms with Gasteiger partial charge in [-0.25, -0.2) is 19.3 Å². The maximum Gasteiger partial charge on any atom is 0.419 e. The van der Waals surface area contributed by atoms with E-state index >= 15 is 0 Å². The number of nitrogens with two attached hydrogens (primary N) is 2. The Morgan fingerprint density at radius 1 is 0.792 bits per heavy atom. The quantitative estimate of drug-likeness (QED) is 0.114. The van der Waals surface area contributed by atoms with Crippen LogP contribution >= 0.6 is 0 Å². The Labute approximate surface area is 302 Å². The van der Waals surface area contributed by atoms with E-state index in [-0.39, 0.29) is 46.7 Å². The average Bonchev–Trinajstić information content (AvgIpc) is 3.88. The second kappa shape index (κ2) is 15.6. The first-order valence-corrected chi connectivity index (χ1v) is 16.4. The molecule has 7 N–H and O–H groups in total. The van der Waals surface area contributed by atoms with Crippen LogP contribution in [0.25, 0.3) is 0 Å². The Balaban J connectivity index is 0.000000211. The predicted octanol–water partition coefficient (Wildman–Crippen LogP) is 1.15. The number of nitrogens with one attached hydrogen (secondary N) is 3. The van der Waals surface area contributed by atoms with E-state index in [1.54, 1.807) is 51.5 Å². The van der Waals surface area contributed by atoms with Crippen molar-refractivity contribution in [2.24, 2.45) is 0 Å². The summed E-state index contributed by atoms with van der Waals surface area (Å²) < 4.78 is 6.47. The van der Waals surface area contributed by atoms with Gasteiger partial charge in [-0.2, -0.15) is 0 Å². The molecule has 53 heavy (non-hydrogen) atoms. The van der Waals surface area contributed by atoms with E-state index in [0.717, 1.165) is 15.5 Å². The maximum absolute atomic E-state index is 12.4. The van der Waals surface area contributed by atoms with Crippen LogP contribution in [-0.4, -0.2) is 103 Å². The number of anilines is 2. The van der Waals surface area contributed by atoms with Crippen molar-refractivity contribution in [1.29, 1.82) is 0 Å². The number of hydrogen-bond acceptors (Lipinski definition) is 12. The van der Waals surface area contributed by atoms with Crippen LogP contribution in [0.15, 0.2) is 61.4 Å². The number of benzene rings is 2. The highest BCUT2D eigenvalue weighted by Gasteiger charge is 2.39. The fourth-order valence-corrected chi connectivity index (χ4v) is 5.40. The van der Waals surface area contributed by atoms with Crippen molar-refractivity contribution in [2.75, 3.05) is 37.6 Å². The molecular weight excluding hydrogens is 688 g/mol. The molecule has 0 atom stereocenters. The van der Waals surface area contributed by atoms with Gasteiger partial charge in [-0.1, -0.05) is 12.1 Å². The molecular formula is C35H38N10O8. The van der Waals surface area contributed by atoms with Gasteiger partial charge >= 0.3 is 6.09 Å². The Hall–Kier alpha value is -6.85. The maximum atomic E-state index is 12.4. The molecule has 0 radical (unpaired) electrons. The molecule has 276 valence electrons. The van der Waals surface area contributed by atoms with Crippen LogP contribution < -0.4 is 22.1 Å². The average molecular weight is 727 g/mol. The summed E-state index contributed by atoms with van der Waals surface area (Å²) in [4.78, 5) is 98.1. The van der Waals surface area contributed by atoms with Gasteiger partial charge in [0.2, 0.25) is 11.8 Å². The molecule has 0 spiro atoms. The third-order valence-electron chi connectivity index (χ3n) is 7.88. The van der Waals surface area contributed by atoms with Crippen molar-refractivity contribution in [3.8, 4) is 0 Å². The van der Waals surface area contributed by atoms with Crippen LogP contribution in [0.2, 0.25) is 0 Å². The highest BCUT2D eigenvalue weighted by Crippen LogP contribution is 2.28. The molecule has 0 aliphatic carbocycles. The van der Waals surface area contributed by atoms with Gasteiger partial charge < -0.3 is 31.8 Å². The summed E-state index contributed by atoms with van der Waals surface area (Å²) in [5.74, 6) is -3.06. The highest BCUT2D eigenvalue weighted by molar-refractivity contribution is 6.25. The number of rotatable bonds is 10. The molecule has 4 heterocycles. The number of carbonyl (C=O) groups excluding carboxylic acids is 7. The van der Waals surface area contributed by atoms with E-state index in [1.165, 1.54) is 35.3 Å². The third-order valence-corrected chi connectivity index (χ3v) is 7.88. The number of nitrogens with zero attached hydrogens (tertiary/aromatic N) is 5. The second-order valence-electron chi connectivity index (χ2n) is 13.0. The molecule has 6 amide bonds. The van der Waals surface area contributed by atoms with Crippen LogP contribution in [-0.2, 0) is 27.2 Å². The minimum absolute atomic E-state index is 0.128. The molecule has 0 saturated heterocycles. The zero-order valence-electron chi connectivity index (χ0n) is 29.2. The monoisotopic (exact) mass is 726 g/mol. The van der Waals surface area contributed by atoms with Gasteiger partial charge in [-0.3, -0.25) is 38.6 Å². The van der Waals surface area contributed by atoms with Crippen LogP contribution in [0.5, 0.6) is 0 Å². The van der Waals surface area contributed by atoms with Crippen molar-refractivity contribution in [3.63, 3.8) is 0 Å². The summed E-state index contributed by atoms with van der Waals surface area (Å²) in [6, 6.07) is 9.31. The molecule has 0 saturated carbocycles. The van der Waals surface area contributed by atoms with Gasteiger partial charge in [0.05, 0.1) is 34.3 Å². The van der Waals surface area contributed by atoms with Crippen molar-refractivity contribution in [1.82, 2.24) is 40.0 Å². The SMILES string of the molecule is CC(C)(C)OC(=O)n1cnc(CCNC(=O)CN2C(=O)c3cccc(N)c3C2=O)c1.Nc1cccc2c1C(=O)N(CC(=O)NCCc1cnc[nH]1)C2=O. The number of imidazole rings is 2. The van der Waals surface area contributed by atoms with Crippen molar-refractivity contribution in [3.05, 3.63) is 95.1 Å². The van der Waals surface area contributed by atoms with Gasteiger partial charge in [0, 0.05) is 55.4 Å². The minimum Gasteiger partial charge on any atom is -0.443 e. The summed E-state index contributed by atoms with van der Waals surface area (Å²) in [5.41, 5.74) is 13.5. The van der Waals surface area contributed by atoms with Crippen LogP contribution in [0.1, 0.15) is 73.6 Å². The third kappa shape index (κ3) is 8.73. The summed E-state index contributed by atoms with van der Waals surface area (Å²) in [5, 5.41) is 5.30. The van der Waals surface area contributed by atoms with E-state index in [9.17, 15) is 33.6 Å². The Morgan fingerprint density at radius 2 is 1.32 bits per heavy atom. The highest BCUT2D eigenvalue weighted by atomic mass is 16.6. The van der Waals surface area contributed by atoms with E-state index in [2.05, 4.69) is 25.6 Å². The van der Waals surface area contributed by atoms with Crippen LogP contribution in [0, 0.1) is 0 Å². The second-order valence-corrected chi connectivity index (χ2v) is 13.0. The molecule has 2 aromatic carbocycles. The summed E-state index contributed by atoms with van der Waals surface area (Å²) in [6.45, 7) is 5.16. The van der Waals surface area contributed by atoms with E-state index < -0.39 is 53.7 Å². The lowest BCUT2D eigenvalue weighted by molar-refractivity contribution is -0.122. The summed E-state index contributed by atoms with van der Waals surface area (Å²) in [6.07, 6.45) is 6.48. The lowest BCUT2D eigenvalue weighted by Gasteiger charge is -2.19. The number of H-pyrrole nitrogens is 1. The number of amides is 6. The zero-order chi connectivity index (χ0) is 38.4. The normalized spacial score (nSPS) is 13.3. The molecule has 4 aromatic rings. The summed E-state index contributed by atoms with van der Waals surface area (Å²) >= 11 is 0. The number of imide groups is 2. The fourth-order valence-electron chi connectivity index (χ4n) is 5.40. The largest absolute Gasteiger partial charge is 0.443 e. The van der Waals surface area contributed by atoms with Gasteiger partial charge in [-0.15, -0.1) is 0 Å². The molecule has 18 heteroatoms. The number of carbonyl (C=O) groups is 7. The van der Waals surface area contributed by atoms with Crippen LogP contribution in [0.4, 0.5) is 16.2 Å². The zero-order valence-corrected chi connectivity index (χ0v) is 29.2. The first-order valence-electron chi connectivity index (χ1n) is 16.4. The molecule has 6 rings (SSSR count). The number of ether oxygens (including phenoxy) is 1. The van der Waals surface area contributed by atoms with Gasteiger partial charge in [-0.05, 0) is 45.0 Å². The van der Waals surface area contributed by atoms with E-state index in [0.29, 0.717) is 25.1 Å². The van der Waals surface area contributed by atoms with Crippen LogP contribution in [0.3, 0.4) is 0 Å². The fraction of sp³-hybridized carbons (Fsp3) is 0.286. The Kier molecular flexibility index (Phi) is 11.0. The first kappa shape index (κ1) is 37.4. The van der Waals surface area contributed by atoms with Gasteiger partial charge in [0.15, 0.2) is 0 Å². The number of fused-ring (bicyclic) bond motifs is 2. The smallest absolute Gasteiger partial charge is 0.419 e. The van der Waals surface area contributed by atoms with Crippen molar-refractivity contribution < 1.29 is 38.3 Å². The molecule has 0 fully saturated rings. The number of aromatic nitrogens is 4. The minimum atomic E-state index is -0.621. The van der Waals surface area contributed by atoms with Gasteiger partial charge in [0.1, 0.15) is 25.0 Å². The van der Waals surface area contributed by atoms with E-state index in [1.807, 2.05) is 0 Å². The lowest BCUT2D eigenvalue weighted by atomic mass is 10.1. The first-order chi connectivity index (χ1) is 25.1. The lowest BCUT2D eigenvalue weighted by Crippen LogP contribution is -2.40. The molecule has 18 nitrogen and oxygen atoms in total. The molecule has 2 aliphatic rings. The number of aromatic amines is 1. The summed E-state index contributed by atoms with van der Waals surface area (Å²) in [7, 11) is 0. The number of hydrogen-bond donors (Lipinski definition) is 5. The molecule has 2 aliphatic heterocycles.